The van der Waals surface area contributed by atoms with Crippen LogP contribution in [0, 0.1) is 39.9 Å². The van der Waals surface area contributed by atoms with E-state index in [1.807, 2.05) is 0 Å². The second-order valence-electron chi connectivity index (χ2n) is 1.80. The normalized spacial score (nSPS) is 10.2. The van der Waals surface area contributed by atoms with E-state index < -0.39 is 24.2 Å². The summed E-state index contributed by atoms with van der Waals surface area (Å²) in [5.74, 6) is -2.76. The molecule has 0 aromatic carbocycles. The standard InChI is InChI=1S/C5H5F3O2.Th/c1-3(9)2-4(10)5(6,7)8;/h2H2,1H3;. The molecule has 0 unspecified atom stereocenters. The van der Waals surface area contributed by atoms with E-state index >= 15 is 0 Å². The van der Waals surface area contributed by atoms with Crippen LogP contribution in [0.25, 0.3) is 0 Å². The molecular weight excluding hydrogens is 381 g/mol. The third-order valence-corrected chi connectivity index (χ3v) is 0.726. The molecule has 0 fully saturated rings. The average Bonchev–Trinajstić information content (AvgIpc) is 1.60. The minimum Gasteiger partial charge on any atom is -0.300 e. The molecule has 0 aliphatic heterocycles. The first-order valence-corrected chi connectivity index (χ1v) is 2.43. The summed E-state index contributed by atoms with van der Waals surface area (Å²) in [6.07, 6.45) is -5.92. The number of rotatable bonds is 2. The molecule has 0 aromatic heterocycles. The fourth-order valence-electron chi connectivity index (χ4n) is 0.326. The maximum absolute atomic E-state index is 11.3. The van der Waals surface area contributed by atoms with Gasteiger partial charge in [0.2, 0.25) is 5.78 Å². The maximum Gasteiger partial charge on any atom is 0.450 e. The summed E-state index contributed by atoms with van der Waals surface area (Å²) in [6.45, 7) is 0.934. The quantitative estimate of drug-likeness (QED) is 0.667. The van der Waals surface area contributed by atoms with Crippen LogP contribution < -0.4 is 0 Å². The molecule has 0 spiro atoms. The van der Waals surface area contributed by atoms with Gasteiger partial charge >= 0.3 is 6.18 Å². The predicted octanol–water partition coefficient (Wildman–Crippen LogP) is 1.10. The number of ketones is 2. The van der Waals surface area contributed by atoms with E-state index in [1.165, 1.54) is 0 Å². The van der Waals surface area contributed by atoms with Crippen LogP contribution >= 0.6 is 0 Å². The van der Waals surface area contributed by atoms with Crippen LogP contribution in [0.5, 0.6) is 0 Å². The van der Waals surface area contributed by atoms with Gasteiger partial charge in [-0.05, 0) is 6.92 Å². The summed E-state index contributed by atoms with van der Waals surface area (Å²) in [5, 5.41) is 0. The first-order valence-electron chi connectivity index (χ1n) is 2.43. The zero-order valence-corrected chi connectivity index (χ0v) is 9.77. The molecule has 0 amide bonds. The molecule has 0 rings (SSSR count). The van der Waals surface area contributed by atoms with E-state index in [2.05, 4.69) is 0 Å². The molecule has 0 aromatic rings. The Morgan fingerprint density at radius 1 is 1.27 bits per heavy atom. The molecule has 0 bridgehead atoms. The van der Waals surface area contributed by atoms with Crippen LogP contribution in [0.2, 0.25) is 0 Å². The fraction of sp³-hybridized carbons (Fsp3) is 0.600. The molecule has 0 heterocycles. The molecule has 2 nitrogen and oxygen atoms in total. The van der Waals surface area contributed by atoms with Crippen molar-refractivity contribution in [3.8, 4) is 0 Å². The molecule has 0 N–H and O–H groups in total. The monoisotopic (exact) mass is 386 g/mol. The number of hydrogen-bond acceptors (Lipinski definition) is 2. The van der Waals surface area contributed by atoms with Gasteiger partial charge in [0.15, 0.2) is 0 Å². The van der Waals surface area contributed by atoms with E-state index in [0.29, 0.717) is 0 Å². The zero-order valence-electron chi connectivity index (χ0n) is 5.66. The Bertz CT molecular complexity index is 164. The third kappa shape index (κ3) is 6.84. The zero-order chi connectivity index (χ0) is 8.36. The molecule has 11 heavy (non-hydrogen) atoms. The van der Waals surface area contributed by atoms with Gasteiger partial charge in [0.1, 0.15) is 5.78 Å². The van der Waals surface area contributed by atoms with Crippen LogP contribution in [0.1, 0.15) is 13.3 Å². The molecule has 0 aliphatic carbocycles. The van der Waals surface area contributed by atoms with Crippen molar-refractivity contribution in [3.63, 3.8) is 0 Å². The first kappa shape index (κ1) is 14.0. The van der Waals surface area contributed by atoms with Gasteiger partial charge < -0.3 is 0 Å². The summed E-state index contributed by atoms with van der Waals surface area (Å²) in [5.41, 5.74) is 0. The number of hydrogen-bond donors (Lipinski definition) is 0. The van der Waals surface area contributed by atoms with Crippen LogP contribution in [0.3, 0.4) is 0 Å². The van der Waals surface area contributed by atoms with Crippen molar-refractivity contribution in [2.45, 2.75) is 19.5 Å². The summed E-state index contributed by atoms with van der Waals surface area (Å²) in [7, 11) is 0. The fourth-order valence-corrected chi connectivity index (χ4v) is 0.326. The SMILES string of the molecule is CC(=O)CC(=O)C(F)(F)F.[Th]. The van der Waals surface area contributed by atoms with Crippen LogP contribution in [0.4, 0.5) is 13.2 Å². The Morgan fingerprint density at radius 2 is 1.64 bits per heavy atom. The van der Waals surface area contributed by atoms with Crippen molar-refractivity contribution in [3.05, 3.63) is 0 Å². The molecule has 0 aliphatic rings. The minimum atomic E-state index is -4.87. The molecule has 6 heteroatoms. The number of carbonyl (C=O) groups excluding carboxylic acids is 2. The maximum atomic E-state index is 11.3. The largest absolute Gasteiger partial charge is 0.450 e. The molecular formula is C5H5F3O2Th. The number of Topliss-reactive ketones (excluding diaryl/α,β-unsaturated/α-hetero) is 2. The van der Waals surface area contributed by atoms with Gasteiger partial charge in [0, 0.05) is 39.9 Å². The van der Waals surface area contributed by atoms with Gasteiger partial charge in [-0.3, -0.25) is 9.59 Å². The number of carbonyl (C=O) groups is 2. The van der Waals surface area contributed by atoms with E-state index in [9.17, 15) is 22.8 Å². The van der Waals surface area contributed by atoms with Gasteiger partial charge in [0.05, 0.1) is 6.42 Å². The molecule has 0 atom stereocenters. The van der Waals surface area contributed by atoms with E-state index in [-0.39, 0.29) is 39.9 Å². The summed E-state index contributed by atoms with van der Waals surface area (Å²) in [4.78, 5) is 19.9. The molecule has 0 saturated carbocycles. The Kier molecular flexibility index (Phi) is 6.57. The van der Waals surface area contributed by atoms with Crippen LogP contribution in [-0.2, 0) is 9.59 Å². The Hall–Kier alpha value is 0.455. The molecule has 0 radical (unpaired) electrons. The van der Waals surface area contributed by atoms with Gasteiger partial charge in [-0.15, -0.1) is 0 Å². The second-order valence-corrected chi connectivity index (χ2v) is 1.80. The van der Waals surface area contributed by atoms with E-state index in [4.69, 9.17) is 0 Å². The van der Waals surface area contributed by atoms with Crippen molar-refractivity contribution < 1.29 is 62.7 Å². The topological polar surface area (TPSA) is 34.1 Å². The van der Waals surface area contributed by atoms with Crippen molar-refractivity contribution >= 4 is 11.6 Å². The smallest absolute Gasteiger partial charge is 0.300 e. The van der Waals surface area contributed by atoms with Crippen molar-refractivity contribution in [1.82, 2.24) is 0 Å². The van der Waals surface area contributed by atoms with Gasteiger partial charge in [-0.2, -0.15) is 13.2 Å². The Morgan fingerprint density at radius 3 is 1.73 bits per heavy atom. The molecule has 0 saturated heterocycles. The van der Waals surface area contributed by atoms with E-state index in [1.54, 1.807) is 0 Å². The number of alkyl halides is 3. The molecule has 62 valence electrons. The third-order valence-electron chi connectivity index (χ3n) is 0.726. The van der Waals surface area contributed by atoms with Crippen LogP contribution in [0.15, 0.2) is 0 Å². The van der Waals surface area contributed by atoms with Crippen molar-refractivity contribution in [2.75, 3.05) is 0 Å². The minimum absolute atomic E-state index is 0. The summed E-state index contributed by atoms with van der Waals surface area (Å²) in [6, 6.07) is 0. The van der Waals surface area contributed by atoms with Gasteiger partial charge in [-0.25, -0.2) is 0 Å². The van der Waals surface area contributed by atoms with Gasteiger partial charge in [-0.1, -0.05) is 0 Å². The van der Waals surface area contributed by atoms with E-state index in [0.717, 1.165) is 6.92 Å². The second kappa shape index (κ2) is 5.16. The van der Waals surface area contributed by atoms with Crippen LogP contribution in [-0.4, -0.2) is 17.7 Å². The van der Waals surface area contributed by atoms with Crippen molar-refractivity contribution in [2.24, 2.45) is 0 Å². The summed E-state index contributed by atoms with van der Waals surface area (Å²) >= 11 is 0. The average molecular weight is 386 g/mol. The van der Waals surface area contributed by atoms with Crippen molar-refractivity contribution in [1.29, 1.82) is 0 Å². The number of halogens is 3. The Labute approximate surface area is 93.2 Å². The summed E-state index contributed by atoms with van der Waals surface area (Å²) < 4.78 is 33.9. The first-order chi connectivity index (χ1) is 4.34. The van der Waals surface area contributed by atoms with Gasteiger partial charge in [0.25, 0.3) is 0 Å². The predicted molar refractivity (Wildman–Crippen MR) is 26.4 cm³/mol. The Balaban J connectivity index is 0.